The van der Waals surface area contributed by atoms with Gasteiger partial charge >= 0.3 is 0 Å². The summed E-state index contributed by atoms with van der Waals surface area (Å²) >= 11 is 0. The number of aromatic nitrogens is 2. The lowest BCUT2D eigenvalue weighted by atomic mass is 9.95. The quantitative estimate of drug-likeness (QED) is 0.326. The molecule has 4 saturated heterocycles. The summed E-state index contributed by atoms with van der Waals surface area (Å²) in [5, 5.41) is 17.2. The Kier molecular flexibility index (Phi) is 5.94. The monoisotopic (exact) mass is 555 g/mol. The number of anilines is 1. The van der Waals surface area contributed by atoms with E-state index in [1.807, 2.05) is 19.2 Å². The number of piperazine rings is 1. The lowest BCUT2D eigenvalue weighted by Crippen LogP contribution is -2.51. The zero-order valence-electron chi connectivity index (χ0n) is 23.7. The summed E-state index contributed by atoms with van der Waals surface area (Å²) < 4.78 is 23.7. The predicted molar refractivity (Wildman–Crippen MR) is 160 cm³/mol. The van der Waals surface area contributed by atoms with E-state index in [2.05, 4.69) is 25.8 Å². The average Bonchev–Trinajstić information content (AvgIpc) is 3.74. The summed E-state index contributed by atoms with van der Waals surface area (Å²) in [6, 6.07) is 11.8. The topological polar surface area (TPSA) is 65.8 Å². The highest BCUT2D eigenvalue weighted by atomic mass is 19.1. The van der Waals surface area contributed by atoms with Crippen LogP contribution in [0.1, 0.15) is 51.0 Å². The number of phenolic OH excluding ortho intramolecular Hbond substituents is 1. The number of nitrogens with one attached hydrogen (secondary N) is 1. The van der Waals surface area contributed by atoms with Gasteiger partial charge in [0.15, 0.2) is 0 Å². The number of hydrogen-bond acceptors (Lipinski definition) is 6. The number of hydrogen-bond donors (Lipinski definition) is 2. The molecule has 2 atom stereocenters. The molecule has 214 valence electrons. The van der Waals surface area contributed by atoms with Crippen LogP contribution in [0, 0.1) is 5.82 Å². The van der Waals surface area contributed by atoms with Crippen molar-refractivity contribution in [2.24, 2.45) is 0 Å². The van der Waals surface area contributed by atoms with Crippen LogP contribution in [0.5, 0.6) is 11.6 Å². The van der Waals surface area contributed by atoms with Gasteiger partial charge in [0.25, 0.3) is 0 Å². The van der Waals surface area contributed by atoms with Gasteiger partial charge in [-0.05, 0) is 87.2 Å². The van der Waals surface area contributed by atoms with Crippen molar-refractivity contribution < 1.29 is 14.2 Å². The standard InChI is InChI=1S/C33H38FN5O2/c1-2-25-27(34)8-5-21-15-24(40)16-29(31(21)25)39-14-9-26-28(39)17-30(41-20-33-10-3-12-38(33)13-4-11-33)36-32(26)37-18-22-6-7-23(19-37)35-22/h5,8-9,14-17,22-23,35,40H,2-4,6-7,10-13,18-20H2,1H3. The second kappa shape index (κ2) is 9.60. The van der Waals surface area contributed by atoms with E-state index in [4.69, 9.17) is 9.72 Å². The van der Waals surface area contributed by atoms with Crippen molar-refractivity contribution in [2.75, 3.05) is 37.7 Å². The summed E-state index contributed by atoms with van der Waals surface area (Å²) in [6.45, 7) is 6.79. The van der Waals surface area contributed by atoms with Crippen LogP contribution >= 0.6 is 0 Å². The minimum Gasteiger partial charge on any atom is -0.508 e. The van der Waals surface area contributed by atoms with Gasteiger partial charge in [0.05, 0.1) is 16.7 Å². The second-order valence-electron chi connectivity index (χ2n) is 12.6. The van der Waals surface area contributed by atoms with Crippen LogP contribution in [-0.4, -0.2) is 70.0 Å². The van der Waals surface area contributed by atoms with Gasteiger partial charge in [-0.25, -0.2) is 4.39 Å². The Bertz CT molecular complexity index is 1630. The molecule has 41 heavy (non-hydrogen) atoms. The largest absolute Gasteiger partial charge is 0.508 e. The number of pyridine rings is 1. The third-order valence-corrected chi connectivity index (χ3v) is 10.2. The van der Waals surface area contributed by atoms with Crippen LogP contribution in [0.15, 0.2) is 42.6 Å². The molecule has 0 amide bonds. The van der Waals surface area contributed by atoms with E-state index in [9.17, 15) is 5.11 Å². The zero-order chi connectivity index (χ0) is 27.7. The Labute approximate surface area is 239 Å². The molecule has 0 radical (unpaired) electrons. The first-order valence-corrected chi connectivity index (χ1v) is 15.4. The van der Waals surface area contributed by atoms with Crippen molar-refractivity contribution in [3.63, 3.8) is 0 Å². The van der Waals surface area contributed by atoms with Gasteiger partial charge < -0.3 is 24.6 Å². The van der Waals surface area contributed by atoms with Crippen LogP contribution in [0.4, 0.5) is 10.2 Å². The second-order valence-corrected chi connectivity index (χ2v) is 12.6. The van der Waals surface area contributed by atoms with E-state index in [1.165, 1.54) is 44.6 Å². The number of halogens is 1. The SMILES string of the molecule is CCc1c(F)ccc2cc(O)cc(-n3ccc4c(N5CC6CCC(C5)N6)nc(OCC56CCCN5CCC6)cc43)c12. The van der Waals surface area contributed by atoms with Gasteiger partial charge in [-0.15, -0.1) is 0 Å². The average molecular weight is 556 g/mol. The van der Waals surface area contributed by atoms with Crippen molar-refractivity contribution in [1.29, 1.82) is 0 Å². The highest BCUT2D eigenvalue weighted by Crippen LogP contribution is 2.41. The van der Waals surface area contributed by atoms with E-state index >= 15 is 4.39 Å². The van der Waals surface area contributed by atoms with Crippen molar-refractivity contribution >= 4 is 27.5 Å². The van der Waals surface area contributed by atoms with Crippen molar-refractivity contribution in [2.45, 2.75) is 69.5 Å². The molecule has 2 bridgehead atoms. The number of nitrogens with zero attached hydrogens (tertiary/aromatic N) is 4. The summed E-state index contributed by atoms with van der Waals surface area (Å²) in [5.41, 5.74) is 2.51. The molecule has 6 heterocycles. The van der Waals surface area contributed by atoms with Gasteiger partial charge in [0.2, 0.25) is 5.88 Å². The van der Waals surface area contributed by atoms with Gasteiger partial charge in [-0.3, -0.25) is 4.90 Å². The molecule has 0 spiro atoms. The maximum Gasteiger partial charge on any atom is 0.217 e. The number of rotatable bonds is 6. The maximum absolute atomic E-state index is 15.0. The predicted octanol–water partition coefficient (Wildman–Crippen LogP) is 5.53. The molecule has 8 heteroatoms. The first kappa shape index (κ1) is 25.4. The molecule has 0 saturated carbocycles. The number of aromatic hydroxyl groups is 1. The van der Waals surface area contributed by atoms with E-state index in [0.717, 1.165) is 59.4 Å². The van der Waals surface area contributed by atoms with Crippen molar-refractivity contribution in [3.05, 3.63) is 54.0 Å². The van der Waals surface area contributed by atoms with Crippen LogP contribution in [0.3, 0.4) is 0 Å². The molecule has 2 N–H and O–H groups in total. The van der Waals surface area contributed by atoms with Gasteiger partial charge in [-0.2, -0.15) is 4.98 Å². The molecule has 2 aromatic heterocycles. The zero-order valence-corrected chi connectivity index (χ0v) is 23.7. The van der Waals surface area contributed by atoms with Crippen molar-refractivity contribution in [3.8, 4) is 17.3 Å². The Morgan fingerprint density at radius 3 is 2.61 bits per heavy atom. The fourth-order valence-corrected chi connectivity index (χ4v) is 8.27. The summed E-state index contributed by atoms with van der Waals surface area (Å²) in [5.74, 6) is 1.53. The van der Waals surface area contributed by atoms with Crippen LogP contribution in [-0.2, 0) is 6.42 Å². The fraction of sp³-hybridized carbons (Fsp3) is 0.485. The molecule has 4 aliphatic rings. The van der Waals surface area contributed by atoms with E-state index in [-0.39, 0.29) is 17.1 Å². The maximum atomic E-state index is 15.0. The molecule has 2 aromatic carbocycles. The van der Waals surface area contributed by atoms with Crippen LogP contribution in [0.2, 0.25) is 0 Å². The minimum absolute atomic E-state index is 0.127. The summed E-state index contributed by atoms with van der Waals surface area (Å²) in [6.07, 6.45) is 9.80. The first-order chi connectivity index (χ1) is 20.0. The van der Waals surface area contributed by atoms with Gasteiger partial charge in [0.1, 0.15) is 24.0 Å². The Morgan fingerprint density at radius 2 is 1.85 bits per heavy atom. The van der Waals surface area contributed by atoms with Gasteiger partial charge in [-0.1, -0.05) is 13.0 Å². The van der Waals surface area contributed by atoms with E-state index < -0.39 is 0 Å². The van der Waals surface area contributed by atoms with Crippen molar-refractivity contribution in [1.82, 2.24) is 19.8 Å². The Morgan fingerprint density at radius 1 is 1.07 bits per heavy atom. The molecule has 7 nitrogen and oxygen atoms in total. The highest BCUT2D eigenvalue weighted by molar-refractivity contribution is 5.99. The number of phenols is 1. The normalized spacial score (nSPS) is 23.6. The Hall–Kier alpha value is -3.36. The third-order valence-electron chi connectivity index (χ3n) is 10.2. The molecular weight excluding hydrogens is 517 g/mol. The molecular formula is C33H38FN5O2. The summed E-state index contributed by atoms with van der Waals surface area (Å²) in [7, 11) is 0. The lowest BCUT2D eigenvalue weighted by Gasteiger charge is -2.34. The van der Waals surface area contributed by atoms with Gasteiger partial charge in [0, 0.05) is 54.3 Å². The summed E-state index contributed by atoms with van der Waals surface area (Å²) in [4.78, 5) is 10.2. The molecule has 0 aliphatic carbocycles. The molecule has 4 fully saturated rings. The molecule has 2 unspecified atom stereocenters. The van der Waals surface area contributed by atoms with Crippen LogP contribution < -0.4 is 15.0 Å². The molecule has 4 aromatic rings. The number of ether oxygens (including phenoxy) is 1. The number of aryl methyl sites for hydroxylation is 1. The number of benzene rings is 2. The smallest absolute Gasteiger partial charge is 0.217 e. The van der Waals surface area contributed by atoms with E-state index in [1.54, 1.807) is 18.2 Å². The molecule has 4 aliphatic heterocycles. The third kappa shape index (κ3) is 4.09. The highest BCUT2D eigenvalue weighted by Gasteiger charge is 2.45. The minimum atomic E-state index is -0.219. The first-order valence-electron chi connectivity index (χ1n) is 15.4. The van der Waals surface area contributed by atoms with E-state index in [0.29, 0.717) is 36.6 Å². The Balaban J connectivity index is 1.28. The lowest BCUT2D eigenvalue weighted by molar-refractivity contribution is 0.111. The van der Waals surface area contributed by atoms with Crippen LogP contribution in [0.25, 0.3) is 27.4 Å². The fourth-order valence-electron chi connectivity index (χ4n) is 8.27. The number of fused-ring (bicyclic) bond motifs is 5. The molecule has 8 rings (SSSR count).